The van der Waals surface area contributed by atoms with Crippen LogP contribution in [0.1, 0.15) is 95.0 Å². The molecule has 0 aliphatic carbocycles. The van der Waals surface area contributed by atoms with Crippen molar-refractivity contribution >= 4 is 17.1 Å². The van der Waals surface area contributed by atoms with Gasteiger partial charge in [0.1, 0.15) is 5.69 Å². The average Bonchev–Trinajstić information content (AvgIpc) is 2.74. The third-order valence-electron chi connectivity index (χ3n) is 3.79. The molecule has 0 amide bonds. The predicted octanol–water partition coefficient (Wildman–Crippen LogP) is 6.33. The van der Waals surface area contributed by atoms with Crippen molar-refractivity contribution in [3.05, 3.63) is 15.6 Å². The van der Waals surface area contributed by atoms with Gasteiger partial charge in [0.2, 0.25) is 0 Å². The van der Waals surface area contributed by atoms with Crippen LogP contribution in [0.25, 0.3) is 0 Å². The number of hydrogen-bond donors (Lipinski definition) is 0. The molecule has 2 nitrogen and oxygen atoms in total. The van der Waals surface area contributed by atoms with Gasteiger partial charge in [-0.2, -0.15) is 0 Å². The molecule has 1 heterocycles. The van der Waals surface area contributed by atoms with E-state index < -0.39 is 0 Å². The van der Waals surface area contributed by atoms with Crippen LogP contribution in [0.4, 0.5) is 0 Å². The second-order valence-corrected chi connectivity index (χ2v) is 10.7. The molecule has 0 bridgehead atoms. The summed E-state index contributed by atoms with van der Waals surface area (Å²) < 4.78 is 0. The Morgan fingerprint density at radius 2 is 1.61 bits per heavy atom. The highest BCUT2D eigenvalue weighted by Gasteiger charge is 2.22. The quantitative estimate of drug-likeness (QED) is 0.544. The van der Waals surface area contributed by atoms with Crippen molar-refractivity contribution in [2.24, 2.45) is 16.7 Å². The normalized spacial score (nSPS) is 12.9. The molecular formula is C20H35NOS. The summed E-state index contributed by atoms with van der Waals surface area (Å²) in [6.07, 6.45) is 4.56. The van der Waals surface area contributed by atoms with Crippen LogP contribution < -0.4 is 0 Å². The Balaban J connectivity index is 2.92. The van der Waals surface area contributed by atoms with Gasteiger partial charge >= 0.3 is 0 Å². The van der Waals surface area contributed by atoms with Gasteiger partial charge in [0.15, 0.2) is 5.78 Å². The van der Waals surface area contributed by atoms with E-state index >= 15 is 0 Å². The van der Waals surface area contributed by atoms with Gasteiger partial charge in [0, 0.05) is 17.7 Å². The van der Waals surface area contributed by atoms with Crippen molar-refractivity contribution in [1.29, 1.82) is 0 Å². The monoisotopic (exact) mass is 337 g/mol. The molecule has 132 valence electrons. The van der Waals surface area contributed by atoms with E-state index in [2.05, 4.69) is 55.4 Å². The number of rotatable bonds is 7. The van der Waals surface area contributed by atoms with E-state index in [1.165, 1.54) is 4.88 Å². The molecule has 0 saturated heterocycles. The van der Waals surface area contributed by atoms with Crippen LogP contribution in [0.15, 0.2) is 0 Å². The number of carbonyl (C=O) groups excluding carboxylic acids is 1. The Labute approximate surface area is 147 Å². The second kappa shape index (κ2) is 7.92. The van der Waals surface area contributed by atoms with E-state index in [4.69, 9.17) is 4.98 Å². The molecule has 0 spiro atoms. The van der Waals surface area contributed by atoms with Crippen molar-refractivity contribution in [3.8, 4) is 0 Å². The molecule has 0 aromatic carbocycles. The zero-order valence-electron chi connectivity index (χ0n) is 16.4. The lowest BCUT2D eigenvalue weighted by Crippen LogP contribution is -2.12. The zero-order chi connectivity index (χ0) is 17.8. The molecule has 1 aromatic rings. The molecule has 0 saturated carbocycles. The molecule has 23 heavy (non-hydrogen) atoms. The maximum Gasteiger partial charge on any atom is 0.182 e. The van der Waals surface area contributed by atoms with Gasteiger partial charge in [-0.3, -0.25) is 4.79 Å². The minimum absolute atomic E-state index is 0.192. The molecule has 1 rings (SSSR count). The van der Waals surface area contributed by atoms with E-state index in [9.17, 15) is 4.79 Å². The smallest absolute Gasteiger partial charge is 0.182 e. The van der Waals surface area contributed by atoms with Crippen LogP contribution in [-0.4, -0.2) is 10.8 Å². The molecular weight excluding hydrogens is 302 g/mol. The first kappa shape index (κ1) is 20.3. The SMILES string of the molecule is CC(C)Cc1nc(C(=O)CCC(C)(C)C)c(CCC(C)(C)C)s1. The molecule has 0 atom stereocenters. The van der Waals surface area contributed by atoms with Gasteiger partial charge in [-0.25, -0.2) is 4.98 Å². The fourth-order valence-corrected chi connectivity index (χ4v) is 3.62. The second-order valence-electron chi connectivity index (χ2n) is 9.52. The van der Waals surface area contributed by atoms with Crippen molar-refractivity contribution < 1.29 is 4.79 Å². The minimum atomic E-state index is 0.192. The standard InChI is InChI=1S/C20H35NOS/c1-14(2)13-17-21-18(15(22)9-11-19(3,4)5)16(23-17)10-12-20(6,7)8/h14H,9-13H2,1-8H3. The van der Waals surface area contributed by atoms with E-state index in [1.54, 1.807) is 11.3 Å². The topological polar surface area (TPSA) is 30.0 Å². The van der Waals surface area contributed by atoms with Gasteiger partial charge in [-0.1, -0.05) is 55.4 Å². The summed E-state index contributed by atoms with van der Waals surface area (Å²) in [5.41, 5.74) is 1.24. The summed E-state index contributed by atoms with van der Waals surface area (Å²) in [4.78, 5) is 18.6. The Kier molecular flexibility index (Phi) is 7.00. The van der Waals surface area contributed by atoms with Crippen LogP contribution in [0, 0.1) is 16.7 Å². The number of thiazole rings is 1. The molecule has 0 unspecified atom stereocenters. The van der Waals surface area contributed by atoms with Gasteiger partial charge < -0.3 is 0 Å². The molecule has 1 aromatic heterocycles. The van der Waals surface area contributed by atoms with Gasteiger partial charge in [0.25, 0.3) is 0 Å². The molecule has 0 N–H and O–H groups in total. The first-order valence-electron chi connectivity index (χ1n) is 8.89. The van der Waals surface area contributed by atoms with Crippen molar-refractivity contribution in [2.45, 2.75) is 87.5 Å². The van der Waals surface area contributed by atoms with Crippen LogP contribution in [0.5, 0.6) is 0 Å². The number of nitrogens with zero attached hydrogens (tertiary/aromatic N) is 1. The molecule has 0 aliphatic heterocycles. The summed E-state index contributed by atoms with van der Waals surface area (Å²) in [5, 5.41) is 1.13. The summed E-state index contributed by atoms with van der Waals surface area (Å²) in [6, 6.07) is 0. The fourth-order valence-electron chi connectivity index (χ4n) is 2.32. The summed E-state index contributed by atoms with van der Waals surface area (Å²) in [6.45, 7) is 17.7. The van der Waals surface area contributed by atoms with Crippen LogP contribution in [0.2, 0.25) is 0 Å². The van der Waals surface area contributed by atoms with E-state index in [-0.39, 0.29) is 16.6 Å². The lowest BCUT2D eigenvalue weighted by molar-refractivity contribution is 0.0960. The van der Waals surface area contributed by atoms with Crippen LogP contribution in [0.3, 0.4) is 0 Å². The van der Waals surface area contributed by atoms with Crippen LogP contribution >= 0.6 is 11.3 Å². The van der Waals surface area contributed by atoms with Crippen LogP contribution in [-0.2, 0) is 12.8 Å². The highest BCUT2D eigenvalue weighted by atomic mass is 32.1. The van der Waals surface area contributed by atoms with Gasteiger partial charge in [-0.05, 0) is 36.0 Å². The Morgan fingerprint density at radius 1 is 1.04 bits per heavy atom. The number of Topliss-reactive ketones (excluding diaryl/α,β-unsaturated/α-hetero) is 1. The first-order valence-corrected chi connectivity index (χ1v) is 9.71. The third-order valence-corrected chi connectivity index (χ3v) is 4.93. The largest absolute Gasteiger partial charge is 0.292 e. The van der Waals surface area contributed by atoms with Crippen molar-refractivity contribution in [2.75, 3.05) is 0 Å². The number of ketones is 1. The van der Waals surface area contributed by atoms with Crippen molar-refractivity contribution in [1.82, 2.24) is 4.98 Å². The molecule has 0 radical (unpaired) electrons. The Morgan fingerprint density at radius 3 is 2.09 bits per heavy atom. The number of aryl methyl sites for hydroxylation is 1. The highest BCUT2D eigenvalue weighted by molar-refractivity contribution is 7.11. The van der Waals surface area contributed by atoms with E-state index in [1.807, 2.05) is 0 Å². The van der Waals surface area contributed by atoms with Gasteiger partial charge in [0.05, 0.1) is 5.01 Å². The maximum absolute atomic E-state index is 12.7. The maximum atomic E-state index is 12.7. The molecule has 3 heteroatoms. The average molecular weight is 338 g/mol. The number of hydrogen-bond acceptors (Lipinski definition) is 3. The fraction of sp³-hybridized carbons (Fsp3) is 0.800. The lowest BCUT2D eigenvalue weighted by Gasteiger charge is -2.18. The number of carbonyl (C=O) groups is 1. The molecule has 0 aliphatic rings. The predicted molar refractivity (Wildman–Crippen MR) is 101 cm³/mol. The number of aromatic nitrogens is 1. The minimum Gasteiger partial charge on any atom is -0.292 e. The Hall–Kier alpha value is -0.700. The third kappa shape index (κ3) is 8.10. The van der Waals surface area contributed by atoms with Crippen molar-refractivity contribution in [3.63, 3.8) is 0 Å². The summed E-state index contributed by atoms with van der Waals surface area (Å²) in [7, 11) is 0. The van der Waals surface area contributed by atoms with E-state index in [0.717, 1.165) is 36.4 Å². The Bertz CT molecular complexity index is 515. The van der Waals surface area contributed by atoms with Gasteiger partial charge in [-0.15, -0.1) is 11.3 Å². The lowest BCUT2D eigenvalue weighted by atomic mass is 9.88. The molecule has 0 fully saturated rings. The van der Waals surface area contributed by atoms with E-state index in [0.29, 0.717) is 12.3 Å². The first-order chi connectivity index (χ1) is 10.4. The highest BCUT2D eigenvalue weighted by Crippen LogP contribution is 2.29. The zero-order valence-corrected chi connectivity index (χ0v) is 17.2. The summed E-state index contributed by atoms with van der Waals surface area (Å²) in [5.74, 6) is 0.809. The summed E-state index contributed by atoms with van der Waals surface area (Å²) >= 11 is 1.76.